The second-order valence-corrected chi connectivity index (χ2v) is 2.86. The summed E-state index contributed by atoms with van der Waals surface area (Å²) in [6.07, 6.45) is 1.59. The summed E-state index contributed by atoms with van der Waals surface area (Å²) in [5.74, 6) is 1.30. The lowest BCUT2D eigenvalue weighted by atomic mass is 10.1. The number of aromatic hydroxyl groups is 1. The van der Waals surface area contributed by atoms with E-state index in [1.165, 1.54) is 7.11 Å². The van der Waals surface area contributed by atoms with Crippen molar-refractivity contribution in [2.45, 2.75) is 0 Å². The summed E-state index contributed by atoms with van der Waals surface area (Å²) in [6.45, 7) is 0. The smallest absolute Gasteiger partial charge is 0.160 e. The first-order valence-corrected chi connectivity index (χ1v) is 4.22. The van der Waals surface area contributed by atoms with Crippen LogP contribution in [-0.2, 0) is 0 Å². The Morgan fingerprint density at radius 2 is 2.14 bits per heavy atom. The van der Waals surface area contributed by atoms with Crippen molar-refractivity contribution < 1.29 is 14.3 Å². The molecule has 1 aromatic carbocycles. The third-order valence-electron chi connectivity index (χ3n) is 1.98. The van der Waals surface area contributed by atoms with Crippen LogP contribution in [0.2, 0.25) is 0 Å². The van der Waals surface area contributed by atoms with E-state index in [1.807, 2.05) is 12.1 Å². The van der Waals surface area contributed by atoms with Crippen molar-refractivity contribution >= 4 is 0 Å². The number of phenolic OH excluding ortho intramolecular Hbond substituents is 1. The average Bonchev–Trinajstić information content (AvgIpc) is 2.70. The fourth-order valence-corrected chi connectivity index (χ4v) is 1.29. The predicted molar refractivity (Wildman–Crippen MR) is 52.4 cm³/mol. The van der Waals surface area contributed by atoms with Crippen molar-refractivity contribution in [2.24, 2.45) is 0 Å². The number of benzene rings is 1. The summed E-state index contributed by atoms with van der Waals surface area (Å²) in [5, 5.41) is 9.52. The predicted octanol–water partition coefficient (Wildman–Crippen LogP) is 2.66. The summed E-state index contributed by atoms with van der Waals surface area (Å²) < 4.78 is 10.1. The second-order valence-electron chi connectivity index (χ2n) is 2.86. The van der Waals surface area contributed by atoms with Crippen LogP contribution in [-0.4, -0.2) is 12.2 Å². The SMILES string of the molecule is COc1ccc(-c2ccco2)cc1O. The van der Waals surface area contributed by atoms with E-state index in [9.17, 15) is 5.11 Å². The van der Waals surface area contributed by atoms with Gasteiger partial charge in [0, 0.05) is 5.56 Å². The number of phenols is 1. The van der Waals surface area contributed by atoms with Gasteiger partial charge in [-0.15, -0.1) is 0 Å². The van der Waals surface area contributed by atoms with Crippen LogP contribution in [0.4, 0.5) is 0 Å². The van der Waals surface area contributed by atoms with Gasteiger partial charge in [-0.25, -0.2) is 0 Å². The van der Waals surface area contributed by atoms with Crippen LogP contribution >= 0.6 is 0 Å². The maximum Gasteiger partial charge on any atom is 0.160 e. The van der Waals surface area contributed by atoms with Crippen molar-refractivity contribution in [3.05, 3.63) is 36.6 Å². The van der Waals surface area contributed by atoms with Gasteiger partial charge in [-0.2, -0.15) is 0 Å². The number of rotatable bonds is 2. The fourth-order valence-electron chi connectivity index (χ4n) is 1.29. The molecule has 3 nitrogen and oxygen atoms in total. The van der Waals surface area contributed by atoms with Gasteiger partial charge >= 0.3 is 0 Å². The number of hydrogen-bond acceptors (Lipinski definition) is 3. The quantitative estimate of drug-likeness (QED) is 0.791. The lowest BCUT2D eigenvalue weighted by molar-refractivity contribution is 0.373. The molecule has 72 valence electrons. The molecule has 0 fully saturated rings. The standard InChI is InChI=1S/C11H10O3/c1-13-11-5-4-8(7-9(11)12)10-3-2-6-14-10/h2-7,12H,1H3. The number of furan rings is 1. The van der Waals surface area contributed by atoms with Gasteiger partial charge in [0.15, 0.2) is 11.5 Å². The molecule has 0 radical (unpaired) electrons. The summed E-state index contributed by atoms with van der Waals surface area (Å²) in [4.78, 5) is 0. The van der Waals surface area contributed by atoms with Gasteiger partial charge in [-0.05, 0) is 30.3 Å². The zero-order valence-electron chi connectivity index (χ0n) is 7.73. The topological polar surface area (TPSA) is 42.6 Å². The minimum atomic E-state index is 0.112. The maximum absolute atomic E-state index is 9.52. The molecule has 0 unspecified atom stereocenters. The van der Waals surface area contributed by atoms with Gasteiger partial charge in [0.1, 0.15) is 5.76 Å². The zero-order chi connectivity index (χ0) is 9.97. The molecule has 14 heavy (non-hydrogen) atoms. The molecule has 1 N–H and O–H groups in total. The van der Waals surface area contributed by atoms with E-state index in [4.69, 9.17) is 9.15 Å². The Bertz CT molecular complexity index is 418. The van der Waals surface area contributed by atoms with Crippen LogP contribution in [0.1, 0.15) is 0 Å². The Hall–Kier alpha value is -1.90. The summed E-state index contributed by atoms with van der Waals surface area (Å²) in [6, 6.07) is 8.78. The highest BCUT2D eigenvalue weighted by atomic mass is 16.5. The Morgan fingerprint density at radius 3 is 2.71 bits per heavy atom. The molecule has 0 aliphatic heterocycles. The first kappa shape index (κ1) is 8.69. The molecule has 0 amide bonds. The van der Waals surface area contributed by atoms with Crippen LogP contribution in [0.25, 0.3) is 11.3 Å². The zero-order valence-corrected chi connectivity index (χ0v) is 7.73. The molecule has 0 atom stereocenters. The molecular weight excluding hydrogens is 180 g/mol. The van der Waals surface area contributed by atoms with Crippen molar-refractivity contribution in [2.75, 3.05) is 7.11 Å². The van der Waals surface area contributed by atoms with Crippen molar-refractivity contribution in [1.29, 1.82) is 0 Å². The lowest BCUT2D eigenvalue weighted by Gasteiger charge is -2.03. The molecule has 1 aromatic heterocycles. The molecule has 3 heteroatoms. The summed E-state index contributed by atoms with van der Waals surface area (Å²) in [7, 11) is 1.52. The lowest BCUT2D eigenvalue weighted by Crippen LogP contribution is -1.83. The molecule has 0 aliphatic rings. The van der Waals surface area contributed by atoms with Crippen molar-refractivity contribution in [3.8, 4) is 22.8 Å². The van der Waals surface area contributed by atoms with E-state index >= 15 is 0 Å². The van der Waals surface area contributed by atoms with Crippen LogP contribution in [0, 0.1) is 0 Å². The van der Waals surface area contributed by atoms with Gasteiger partial charge in [0.2, 0.25) is 0 Å². The number of ether oxygens (including phenoxy) is 1. The van der Waals surface area contributed by atoms with E-state index < -0.39 is 0 Å². The largest absolute Gasteiger partial charge is 0.504 e. The maximum atomic E-state index is 9.52. The van der Waals surface area contributed by atoms with Crippen LogP contribution in [0.5, 0.6) is 11.5 Å². The Labute approximate surface area is 81.6 Å². The van der Waals surface area contributed by atoms with Gasteiger partial charge < -0.3 is 14.3 Å². The van der Waals surface area contributed by atoms with Gasteiger partial charge in [-0.1, -0.05) is 0 Å². The molecule has 0 bridgehead atoms. The second kappa shape index (κ2) is 3.46. The molecular formula is C11H10O3. The number of methoxy groups -OCH3 is 1. The van der Waals surface area contributed by atoms with E-state index in [-0.39, 0.29) is 5.75 Å². The van der Waals surface area contributed by atoms with Crippen molar-refractivity contribution in [1.82, 2.24) is 0 Å². The van der Waals surface area contributed by atoms with Crippen LogP contribution in [0.15, 0.2) is 41.0 Å². The Morgan fingerprint density at radius 1 is 1.29 bits per heavy atom. The molecule has 2 rings (SSSR count). The molecule has 2 aromatic rings. The number of hydrogen-bond donors (Lipinski definition) is 1. The highest BCUT2D eigenvalue weighted by Crippen LogP contribution is 2.31. The highest BCUT2D eigenvalue weighted by Gasteiger charge is 2.05. The third-order valence-corrected chi connectivity index (χ3v) is 1.98. The van der Waals surface area contributed by atoms with E-state index in [0.717, 1.165) is 11.3 Å². The molecule has 0 saturated carbocycles. The molecule has 0 aliphatic carbocycles. The minimum Gasteiger partial charge on any atom is -0.504 e. The van der Waals surface area contributed by atoms with Gasteiger partial charge in [0.25, 0.3) is 0 Å². The highest BCUT2D eigenvalue weighted by molar-refractivity contribution is 5.62. The van der Waals surface area contributed by atoms with E-state index in [2.05, 4.69) is 0 Å². The average molecular weight is 190 g/mol. The first-order valence-electron chi connectivity index (χ1n) is 4.22. The normalized spacial score (nSPS) is 10.1. The third kappa shape index (κ3) is 1.44. The molecule has 0 saturated heterocycles. The summed E-state index contributed by atoms with van der Waals surface area (Å²) >= 11 is 0. The molecule has 0 spiro atoms. The van der Waals surface area contributed by atoms with Crippen LogP contribution < -0.4 is 4.74 Å². The van der Waals surface area contributed by atoms with E-state index in [0.29, 0.717) is 5.75 Å². The van der Waals surface area contributed by atoms with Crippen LogP contribution in [0.3, 0.4) is 0 Å². The fraction of sp³-hybridized carbons (Fsp3) is 0.0909. The first-order chi connectivity index (χ1) is 6.81. The van der Waals surface area contributed by atoms with Crippen molar-refractivity contribution in [3.63, 3.8) is 0 Å². The minimum absolute atomic E-state index is 0.112. The van der Waals surface area contributed by atoms with E-state index in [1.54, 1.807) is 24.5 Å². The Kier molecular flexibility index (Phi) is 2.14. The monoisotopic (exact) mass is 190 g/mol. The Balaban J connectivity index is 2.43. The summed E-state index contributed by atoms with van der Waals surface area (Å²) in [5.41, 5.74) is 0.827. The molecule has 1 heterocycles. The van der Waals surface area contributed by atoms with Gasteiger partial charge in [-0.3, -0.25) is 0 Å². The van der Waals surface area contributed by atoms with Gasteiger partial charge in [0.05, 0.1) is 13.4 Å².